The maximum atomic E-state index is 12.4. The first kappa shape index (κ1) is 18.1. The Balaban J connectivity index is 1.75. The Labute approximate surface area is 153 Å². The number of aromatic amines is 1. The zero-order valence-electron chi connectivity index (χ0n) is 14.2. The number of rotatable bonds is 6. The monoisotopic (exact) mass is 367 g/mol. The van der Waals surface area contributed by atoms with Crippen molar-refractivity contribution >= 4 is 22.6 Å². The van der Waals surface area contributed by atoms with Crippen LogP contribution >= 0.6 is 0 Å². The smallest absolute Gasteiger partial charge is 0.326 e. The van der Waals surface area contributed by atoms with Crippen LogP contribution in [0.15, 0.2) is 53.3 Å². The summed E-state index contributed by atoms with van der Waals surface area (Å²) in [5.74, 6) is -1.62. The number of hydrogen-bond acceptors (Lipinski definition) is 5. The molecule has 0 aliphatic carbocycles. The number of nitrogens with one attached hydrogen (secondary N) is 2. The van der Waals surface area contributed by atoms with Gasteiger partial charge < -0.3 is 15.5 Å². The number of benzene rings is 2. The van der Waals surface area contributed by atoms with Gasteiger partial charge in [0.1, 0.15) is 11.8 Å². The fourth-order valence-corrected chi connectivity index (χ4v) is 2.77. The summed E-state index contributed by atoms with van der Waals surface area (Å²) in [7, 11) is 0. The van der Waals surface area contributed by atoms with Crippen molar-refractivity contribution in [2.24, 2.45) is 0 Å². The normalized spacial score (nSPS) is 11.9. The number of nitrogens with zero attached hydrogens (tertiary/aromatic N) is 1. The molecule has 27 heavy (non-hydrogen) atoms. The van der Waals surface area contributed by atoms with Crippen LogP contribution in [0.25, 0.3) is 10.8 Å². The maximum Gasteiger partial charge on any atom is 0.326 e. The topological polar surface area (TPSA) is 132 Å². The number of carboxylic acid groups (broad SMARTS) is 1. The number of phenols is 1. The van der Waals surface area contributed by atoms with E-state index in [1.54, 1.807) is 36.4 Å². The quantitative estimate of drug-likeness (QED) is 0.513. The lowest BCUT2D eigenvalue weighted by Crippen LogP contribution is -2.43. The molecule has 1 atom stereocenters. The number of carbonyl (C=O) groups is 2. The van der Waals surface area contributed by atoms with Crippen LogP contribution in [-0.2, 0) is 22.4 Å². The molecule has 0 fully saturated rings. The van der Waals surface area contributed by atoms with E-state index in [-0.39, 0.29) is 24.2 Å². The first-order valence-corrected chi connectivity index (χ1v) is 8.20. The molecule has 1 heterocycles. The molecule has 3 rings (SSSR count). The van der Waals surface area contributed by atoms with Crippen LogP contribution < -0.4 is 10.9 Å². The van der Waals surface area contributed by atoms with Gasteiger partial charge in [0.05, 0.1) is 17.5 Å². The molecular formula is C19H17N3O5. The van der Waals surface area contributed by atoms with Gasteiger partial charge in [-0.3, -0.25) is 9.59 Å². The highest BCUT2D eigenvalue weighted by Crippen LogP contribution is 2.14. The summed E-state index contributed by atoms with van der Waals surface area (Å²) >= 11 is 0. The second-order valence-corrected chi connectivity index (χ2v) is 6.05. The van der Waals surface area contributed by atoms with Gasteiger partial charge in [-0.15, -0.1) is 0 Å². The van der Waals surface area contributed by atoms with Crippen LogP contribution in [-0.4, -0.2) is 38.3 Å². The Hall–Kier alpha value is -3.68. The Kier molecular flexibility index (Phi) is 5.16. The molecule has 1 aromatic heterocycles. The lowest BCUT2D eigenvalue weighted by molar-refractivity contribution is -0.141. The third-order valence-corrected chi connectivity index (χ3v) is 4.11. The highest BCUT2D eigenvalue weighted by molar-refractivity contribution is 5.90. The zero-order valence-corrected chi connectivity index (χ0v) is 14.2. The van der Waals surface area contributed by atoms with E-state index in [4.69, 9.17) is 0 Å². The Morgan fingerprint density at radius 3 is 2.41 bits per heavy atom. The summed E-state index contributed by atoms with van der Waals surface area (Å²) in [5.41, 5.74) is 0.662. The summed E-state index contributed by atoms with van der Waals surface area (Å²) in [4.78, 5) is 35.6. The molecule has 0 bridgehead atoms. The predicted molar refractivity (Wildman–Crippen MR) is 97.4 cm³/mol. The standard InChI is InChI=1S/C19H17N3O5/c23-12-7-5-11(6-8-12)9-16(19(26)27)20-17(24)10-15-13-3-1-2-4-14(13)18(25)22-21-15/h1-8,16,23H,9-10H2,(H,20,24)(H,22,25)(H,26,27)/t16-/m1/s1. The molecule has 3 aromatic rings. The van der Waals surface area contributed by atoms with E-state index < -0.39 is 17.9 Å². The van der Waals surface area contributed by atoms with Gasteiger partial charge >= 0.3 is 5.97 Å². The van der Waals surface area contributed by atoms with E-state index in [1.165, 1.54) is 12.1 Å². The van der Waals surface area contributed by atoms with Crippen LogP contribution in [0.5, 0.6) is 5.75 Å². The number of aliphatic carboxylic acids is 1. The van der Waals surface area contributed by atoms with Crippen LogP contribution in [0, 0.1) is 0 Å². The van der Waals surface area contributed by atoms with Gasteiger partial charge in [-0.25, -0.2) is 9.89 Å². The van der Waals surface area contributed by atoms with Gasteiger partial charge in [0, 0.05) is 11.8 Å². The summed E-state index contributed by atoms with van der Waals surface area (Å²) in [6.07, 6.45) is -0.0994. The van der Waals surface area contributed by atoms with Crippen molar-refractivity contribution < 1.29 is 19.8 Å². The molecule has 1 amide bonds. The molecule has 0 unspecified atom stereocenters. The Morgan fingerprint density at radius 2 is 1.74 bits per heavy atom. The molecule has 0 aliphatic rings. The molecule has 0 aliphatic heterocycles. The van der Waals surface area contributed by atoms with E-state index in [2.05, 4.69) is 15.5 Å². The van der Waals surface area contributed by atoms with Crippen molar-refractivity contribution in [3.63, 3.8) is 0 Å². The first-order valence-electron chi connectivity index (χ1n) is 8.20. The SMILES string of the molecule is O=C(Cc1n[nH]c(=O)c2ccccc12)N[C@H](Cc1ccc(O)cc1)C(=O)O. The van der Waals surface area contributed by atoms with E-state index >= 15 is 0 Å². The van der Waals surface area contributed by atoms with Gasteiger partial charge in [0.25, 0.3) is 5.56 Å². The van der Waals surface area contributed by atoms with Gasteiger partial charge in [-0.1, -0.05) is 30.3 Å². The van der Waals surface area contributed by atoms with Crippen LogP contribution in [0.1, 0.15) is 11.3 Å². The summed E-state index contributed by atoms with van der Waals surface area (Å²) in [6, 6.07) is 11.7. The number of aromatic nitrogens is 2. The third kappa shape index (κ3) is 4.30. The number of amides is 1. The first-order chi connectivity index (χ1) is 12.9. The molecule has 0 saturated heterocycles. The van der Waals surface area contributed by atoms with Crippen LogP contribution in [0.4, 0.5) is 0 Å². The molecule has 0 radical (unpaired) electrons. The van der Waals surface area contributed by atoms with Crippen molar-refractivity contribution in [1.29, 1.82) is 0 Å². The van der Waals surface area contributed by atoms with E-state index in [1.807, 2.05) is 0 Å². The summed E-state index contributed by atoms with van der Waals surface area (Å²) in [5, 5.41) is 28.4. The van der Waals surface area contributed by atoms with Gasteiger partial charge in [0.2, 0.25) is 5.91 Å². The number of fused-ring (bicyclic) bond motifs is 1. The minimum Gasteiger partial charge on any atom is -0.508 e. The molecular weight excluding hydrogens is 350 g/mol. The summed E-state index contributed by atoms with van der Waals surface area (Å²) in [6.45, 7) is 0. The van der Waals surface area contributed by atoms with Crippen molar-refractivity contribution in [2.75, 3.05) is 0 Å². The van der Waals surface area contributed by atoms with Crippen molar-refractivity contribution in [3.05, 3.63) is 70.1 Å². The number of hydrogen-bond donors (Lipinski definition) is 4. The third-order valence-electron chi connectivity index (χ3n) is 4.11. The Morgan fingerprint density at radius 1 is 1.07 bits per heavy atom. The van der Waals surface area contributed by atoms with Crippen molar-refractivity contribution in [2.45, 2.75) is 18.9 Å². The van der Waals surface area contributed by atoms with E-state index in [0.29, 0.717) is 22.0 Å². The van der Waals surface area contributed by atoms with Crippen LogP contribution in [0.3, 0.4) is 0 Å². The molecule has 0 spiro atoms. The lowest BCUT2D eigenvalue weighted by atomic mass is 10.0. The fourth-order valence-electron chi connectivity index (χ4n) is 2.77. The molecule has 4 N–H and O–H groups in total. The maximum absolute atomic E-state index is 12.4. The lowest BCUT2D eigenvalue weighted by Gasteiger charge is -2.15. The molecule has 8 heteroatoms. The molecule has 2 aromatic carbocycles. The fraction of sp³-hybridized carbons (Fsp3) is 0.158. The average molecular weight is 367 g/mol. The van der Waals surface area contributed by atoms with Crippen molar-refractivity contribution in [3.8, 4) is 5.75 Å². The van der Waals surface area contributed by atoms with Gasteiger partial charge in [0.15, 0.2) is 0 Å². The number of phenolic OH excluding ortho intramolecular Hbond substituents is 1. The number of aromatic hydroxyl groups is 1. The van der Waals surface area contributed by atoms with Gasteiger partial charge in [-0.05, 0) is 23.8 Å². The second-order valence-electron chi connectivity index (χ2n) is 6.05. The number of carbonyl (C=O) groups excluding carboxylic acids is 1. The summed E-state index contributed by atoms with van der Waals surface area (Å²) < 4.78 is 0. The highest BCUT2D eigenvalue weighted by atomic mass is 16.4. The number of carboxylic acids is 1. The second kappa shape index (κ2) is 7.69. The molecule has 8 nitrogen and oxygen atoms in total. The Bertz CT molecular complexity index is 1040. The van der Waals surface area contributed by atoms with Gasteiger partial charge in [-0.2, -0.15) is 5.10 Å². The van der Waals surface area contributed by atoms with E-state index in [9.17, 15) is 24.6 Å². The van der Waals surface area contributed by atoms with Crippen molar-refractivity contribution in [1.82, 2.24) is 15.5 Å². The highest BCUT2D eigenvalue weighted by Gasteiger charge is 2.21. The van der Waals surface area contributed by atoms with Crippen LogP contribution in [0.2, 0.25) is 0 Å². The molecule has 138 valence electrons. The average Bonchev–Trinajstić information content (AvgIpc) is 2.65. The minimum absolute atomic E-state index is 0.0706. The van der Waals surface area contributed by atoms with E-state index in [0.717, 1.165) is 0 Å². The zero-order chi connectivity index (χ0) is 19.4. The minimum atomic E-state index is -1.17. The largest absolute Gasteiger partial charge is 0.508 e. The predicted octanol–water partition coefficient (Wildman–Crippen LogP) is 0.983. The number of H-pyrrole nitrogens is 1. The molecule has 0 saturated carbocycles.